The molecule has 234 valence electrons. The first-order valence-corrected chi connectivity index (χ1v) is 14.8. The predicted octanol–water partition coefficient (Wildman–Crippen LogP) is 5.53. The lowest BCUT2D eigenvalue weighted by atomic mass is 10.2. The third-order valence-corrected chi connectivity index (χ3v) is 7.71. The van der Waals surface area contributed by atoms with E-state index in [0.717, 1.165) is 12.1 Å². The first kappa shape index (κ1) is 33.7. The fourth-order valence-corrected chi connectivity index (χ4v) is 5.27. The average Bonchev–Trinajstić information content (AvgIpc) is 2.92. The second-order valence-corrected chi connectivity index (χ2v) is 12.4. The Morgan fingerprint density at radius 3 is 2.25 bits per heavy atom. The van der Waals surface area contributed by atoms with Crippen LogP contribution in [0.1, 0.15) is 37.6 Å². The quantitative estimate of drug-likeness (QED) is 0.112. The zero-order valence-electron chi connectivity index (χ0n) is 23.5. The molecule has 0 bridgehead atoms. The number of carbonyl (C=O) groups is 3. The molecule has 0 saturated heterocycles. The van der Waals surface area contributed by atoms with E-state index in [1.807, 2.05) is 0 Å². The van der Waals surface area contributed by atoms with E-state index in [1.54, 1.807) is 25.5 Å². The number of nitrogens with zero attached hydrogens (tertiary/aromatic N) is 2. The number of nitro benzene ring substituents is 1. The number of sulfonamides is 1. The molecule has 0 aliphatic rings. The zero-order valence-corrected chi connectivity index (χ0v) is 25.9. The molecule has 0 heterocycles. The van der Waals surface area contributed by atoms with Crippen LogP contribution in [0, 0.1) is 15.9 Å². The van der Waals surface area contributed by atoms with Crippen molar-refractivity contribution in [3.63, 3.8) is 0 Å². The lowest BCUT2D eigenvalue weighted by molar-refractivity contribution is -0.386. The Morgan fingerprint density at radius 1 is 1.05 bits per heavy atom. The number of carboxylic acid groups (broad SMARTS) is 1. The minimum Gasteiger partial charge on any atom is -0.481 e. The summed E-state index contributed by atoms with van der Waals surface area (Å²) in [5.41, 5.74) is -1.38. The van der Waals surface area contributed by atoms with Crippen molar-refractivity contribution in [1.82, 2.24) is 4.72 Å². The molecular weight excluding hydrogens is 669 g/mol. The molecular formula is C27H27BrFN5O9S. The molecule has 0 atom stereocenters. The highest BCUT2D eigenvalue weighted by Gasteiger charge is 2.31. The number of rotatable bonds is 11. The molecule has 17 heteroatoms. The van der Waals surface area contributed by atoms with E-state index in [4.69, 9.17) is 9.84 Å². The fraction of sp³-hybridized carbons (Fsp3) is 0.222. The number of para-hydroxylation sites is 1. The van der Waals surface area contributed by atoms with E-state index in [-0.39, 0.29) is 29.9 Å². The van der Waals surface area contributed by atoms with Crippen molar-refractivity contribution in [3.8, 4) is 0 Å². The molecule has 0 unspecified atom stereocenters. The smallest absolute Gasteiger partial charge is 0.412 e. The van der Waals surface area contributed by atoms with Crippen molar-refractivity contribution in [2.75, 3.05) is 21.1 Å². The Morgan fingerprint density at radius 2 is 1.68 bits per heavy atom. The summed E-state index contributed by atoms with van der Waals surface area (Å²) in [4.78, 5) is 45.5. The van der Waals surface area contributed by atoms with E-state index in [2.05, 4.69) is 26.8 Å². The molecule has 2 amide bonds. The number of amides is 2. The number of hydrogen-bond donors (Lipinski definition) is 4. The van der Waals surface area contributed by atoms with Gasteiger partial charge in [-0.05, 0) is 69.3 Å². The van der Waals surface area contributed by atoms with Crippen LogP contribution in [0.3, 0.4) is 0 Å². The monoisotopic (exact) mass is 695 g/mol. The molecule has 3 rings (SSSR count). The van der Waals surface area contributed by atoms with Gasteiger partial charge in [0.25, 0.3) is 15.9 Å². The summed E-state index contributed by atoms with van der Waals surface area (Å²) in [6.45, 7) is 4.79. The molecule has 0 fully saturated rings. The lowest BCUT2D eigenvalue weighted by Gasteiger charge is -2.20. The SMILES string of the molecule is CC(C)(C)OC(=O)Nc1ccc(N(Br)c2ccc(C(=O)NS(=O)(=O)c3cccc(NCCC(=O)O)c3[N+](=O)[O-])cc2)cc1F. The molecule has 44 heavy (non-hydrogen) atoms. The first-order chi connectivity index (χ1) is 20.5. The van der Waals surface area contributed by atoms with Crippen molar-refractivity contribution in [2.24, 2.45) is 0 Å². The van der Waals surface area contributed by atoms with Crippen LogP contribution in [-0.2, 0) is 19.6 Å². The molecule has 4 N–H and O–H groups in total. The number of nitro groups is 1. The Kier molecular flexibility index (Phi) is 10.5. The third-order valence-electron chi connectivity index (χ3n) is 5.52. The third kappa shape index (κ3) is 8.87. The topological polar surface area (TPSA) is 197 Å². The van der Waals surface area contributed by atoms with Crippen molar-refractivity contribution < 1.29 is 42.0 Å². The van der Waals surface area contributed by atoms with Crippen molar-refractivity contribution in [2.45, 2.75) is 37.7 Å². The van der Waals surface area contributed by atoms with Gasteiger partial charge in [-0.3, -0.25) is 28.9 Å². The van der Waals surface area contributed by atoms with E-state index in [1.165, 1.54) is 52.5 Å². The minimum absolute atomic E-state index is 0.111. The molecule has 0 saturated carbocycles. The van der Waals surface area contributed by atoms with Crippen LogP contribution < -0.4 is 19.3 Å². The van der Waals surface area contributed by atoms with E-state index in [0.29, 0.717) is 11.4 Å². The van der Waals surface area contributed by atoms with Crippen LogP contribution >= 0.6 is 16.1 Å². The van der Waals surface area contributed by atoms with Gasteiger partial charge in [0.1, 0.15) is 17.1 Å². The highest BCUT2D eigenvalue weighted by atomic mass is 79.9. The second-order valence-electron chi connectivity index (χ2n) is 10.0. The summed E-state index contributed by atoms with van der Waals surface area (Å²) in [5, 5.41) is 25.3. The summed E-state index contributed by atoms with van der Waals surface area (Å²) < 4.78 is 49.0. The van der Waals surface area contributed by atoms with Crippen LogP contribution in [0.4, 0.5) is 37.6 Å². The van der Waals surface area contributed by atoms with Gasteiger partial charge in [-0.1, -0.05) is 6.07 Å². The van der Waals surface area contributed by atoms with Gasteiger partial charge in [-0.15, -0.1) is 0 Å². The van der Waals surface area contributed by atoms with Crippen molar-refractivity contribution >= 4 is 72.6 Å². The van der Waals surface area contributed by atoms with Gasteiger partial charge in [0.05, 0.1) is 44.6 Å². The average molecular weight is 697 g/mol. The Bertz CT molecular complexity index is 1700. The summed E-state index contributed by atoms with van der Waals surface area (Å²) >= 11 is 3.29. The Hall–Kier alpha value is -4.77. The van der Waals surface area contributed by atoms with Crippen molar-refractivity contribution in [3.05, 3.63) is 82.2 Å². The number of nitrogens with one attached hydrogen (secondary N) is 3. The van der Waals surface area contributed by atoms with Gasteiger partial charge in [0, 0.05) is 18.2 Å². The van der Waals surface area contributed by atoms with Crippen LogP contribution in [0.25, 0.3) is 0 Å². The number of carboxylic acids is 1. The number of halogens is 2. The van der Waals surface area contributed by atoms with E-state index < -0.39 is 54.9 Å². The van der Waals surface area contributed by atoms with E-state index in [9.17, 15) is 37.3 Å². The molecule has 0 aliphatic carbocycles. The number of hydrogen-bond acceptors (Lipinski definition) is 10. The van der Waals surface area contributed by atoms with Gasteiger partial charge in [0.15, 0.2) is 4.90 Å². The molecule has 14 nitrogen and oxygen atoms in total. The number of carbonyl (C=O) groups excluding carboxylic acids is 2. The molecule has 0 aliphatic heterocycles. The largest absolute Gasteiger partial charge is 0.481 e. The van der Waals surface area contributed by atoms with Gasteiger partial charge >= 0.3 is 17.7 Å². The number of ether oxygens (including phenoxy) is 1. The molecule has 3 aromatic rings. The maximum atomic E-state index is 14.7. The van der Waals surface area contributed by atoms with Gasteiger partial charge in [0.2, 0.25) is 0 Å². The normalized spacial score (nSPS) is 11.3. The molecule has 0 aromatic heterocycles. The highest BCUT2D eigenvalue weighted by molar-refractivity contribution is 9.10. The Labute approximate surface area is 259 Å². The number of aliphatic carboxylic acids is 1. The molecule has 3 aromatic carbocycles. The van der Waals surface area contributed by atoms with Gasteiger partial charge < -0.3 is 15.2 Å². The fourth-order valence-electron chi connectivity index (χ4n) is 3.64. The first-order valence-electron chi connectivity index (χ1n) is 12.6. The summed E-state index contributed by atoms with van der Waals surface area (Å²) in [5.74, 6) is -3.00. The van der Waals surface area contributed by atoms with Crippen LogP contribution in [0.15, 0.2) is 65.6 Å². The van der Waals surface area contributed by atoms with Gasteiger partial charge in [-0.2, -0.15) is 0 Å². The Balaban J connectivity index is 1.75. The predicted molar refractivity (Wildman–Crippen MR) is 162 cm³/mol. The number of anilines is 4. The van der Waals surface area contributed by atoms with Gasteiger partial charge in [-0.25, -0.2) is 22.3 Å². The maximum Gasteiger partial charge on any atom is 0.412 e. The highest BCUT2D eigenvalue weighted by Crippen LogP contribution is 2.33. The second kappa shape index (κ2) is 13.7. The lowest BCUT2D eigenvalue weighted by Crippen LogP contribution is -2.31. The van der Waals surface area contributed by atoms with Crippen molar-refractivity contribution in [1.29, 1.82) is 0 Å². The summed E-state index contributed by atoms with van der Waals surface area (Å²) in [6, 6.07) is 12.7. The van der Waals surface area contributed by atoms with Crippen LogP contribution in [-0.4, -0.2) is 48.6 Å². The van der Waals surface area contributed by atoms with Crippen LogP contribution in [0.5, 0.6) is 0 Å². The zero-order chi connectivity index (χ0) is 32.8. The molecule has 0 spiro atoms. The summed E-state index contributed by atoms with van der Waals surface area (Å²) in [6.07, 6.45) is -1.21. The summed E-state index contributed by atoms with van der Waals surface area (Å²) in [7, 11) is -4.74. The maximum absolute atomic E-state index is 14.7. The number of benzene rings is 3. The van der Waals surface area contributed by atoms with E-state index >= 15 is 0 Å². The minimum atomic E-state index is -4.74. The van der Waals surface area contributed by atoms with Crippen LogP contribution in [0.2, 0.25) is 0 Å². The molecule has 0 radical (unpaired) electrons. The standard InChI is InChI=1S/C27H27BrFN5O9S/c1-27(2,3)43-26(38)31-20-12-11-18(15-19(20)29)33(28)17-9-7-16(8-10-17)25(37)32-44(41,42)22-6-4-5-21(24(22)34(39)40)30-14-13-23(35)36/h4-12,15,30H,13-14H2,1-3H3,(H,31,38)(H,32,37)(H,35,36).